The Morgan fingerprint density at radius 1 is 1.53 bits per heavy atom. The second-order valence-electron chi connectivity index (χ2n) is 3.11. The van der Waals surface area contributed by atoms with Gasteiger partial charge in [0.1, 0.15) is 0 Å². The molecule has 80 valence electrons. The van der Waals surface area contributed by atoms with Crippen molar-refractivity contribution in [3.8, 4) is 0 Å². The van der Waals surface area contributed by atoms with Crippen molar-refractivity contribution in [1.29, 1.82) is 0 Å². The lowest BCUT2D eigenvalue weighted by atomic mass is 10.3. The molecule has 0 radical (unpaired) electrons. The Morgan fingerprint density at radius 2 is 2.40 bits per heavy atom. The van der Waals surface area contributed by atoms with Gasteiger partial charge in [-0.25, -0.2) is 4.68 Å². The van der Waals surface area contributed by atoms with Gasteiger partial charge in [0.15, 0.2) is 0 Å². The normalized spacial score (nSPS) is 10.8. The first-order chi connectivity index (χ1) is 7.28. The molecule has 15 heavy (non-hydrogen) atoms. The number of aromatic nitrogens is 3. The zero-order chi connectivity index (χ0) is 10.7. The van der Waals surface area contributed by atoms with Gasteiger partial charge in [0.05, 0.1) is 16.0 Å². The number of rotatable bonds is 4. The van der Waals surface area contributed by atoms with Gasteiger partial charge >= 0.3 is 0 Å². The molecular weight excluding hydrogens is 298 g/mol. The highest BCUT2D eigenvalue weighted by Gasteiger charge is 2.02. The zero-order valence-electron chi connectivity index (χ0n) is 7.86. The van der Waals surface area contributed by atoms with Crippen LogP contribution in [0, 0.1) is 0 Å². The molecule has 0 aliphatic carbocycles. The van der Waals surface area contributed by atoms with Crippen LogP contribution in [0.3, 0.4) is 0 Å². The van der Waals surface area contributed by atoms with Gasteiger partial charge in [-0.1, -0.05) is 5.21 Å². The fraction of sp³-hybridized carbons (Fsp3) is 0.333. The second-order valence-corrected chi connectivity index (χ2v) is 5.77. The maximum Gasteiger partial charge on any atom is 0.0839 e. The lowest BCUT2D eigenvalue weighted by molar-refractivity contribution is 0.650. The number of thiophene rings is 1. The van der Waals surface area contributed by atoms with E-state index in [-0.39, 0.29) is 0 Å². The molecule has 0 saturated carbocycles. The van der Waals surface area contributed by atoms with Crippen molar-refractivity contribution in [2.45, 2.75) is 13.0 Å². The third-order valence-electron chi connectivity index (χ3n) is 1.90. The summed E-state index contributed by atoms with van der Waals surface area (Å²) in [5.74, 6) is 0.586. The van der Waals surface area contributed by atoms with Gasteiger partial charge < -0.3 is 0 Å². The maximum atomic E-state index is 5.63. The number of aryl methyl sites for hydroxylation is 1. The van der Waals surface area contributed by atoms with Crippen LogP contribution in [0.5, 0.6) is 0 Å². The quantitative estimate of drug-likeness (QED) is 0.813. The third-order valence-corrected chi connectivity index (χ3v) is 3.65. The van der Waals surface area contributed by atoms with E-state index in [9.17, 15) is 0 Å². The van der Waals surface area contributed by atoms with E-state index in [1.165, 1.54) is 5.56 Å². The van der Waals surface area contributed by atoms with E-state index in [4.69, 9.17) is 11.6 Å². The highest BCUT2D eigenvalue weighted by atomic mass is 79.9. The van der Waals surface area contributed by atoms with Crippen molar-refractivity contribution in [3.05, 3.63) is 32.7 Å². The van der Waals surface area contributed by atoms with Gasteiger partial charge in [-0.2, -0.15) is 0 Å². The van der Waals surface area contributed by atoms with Crippen molar-refractivity contribution in [3.63, 3.8) is 0 Å². The highest BCUT2D eigenvalue weighted by Crippen LogP contribution is 2.21. The van der Waals surface area contributed by atoms with Gasteiger partial charge in [-0.05, 0) is 32.9 Å². The van der Waals surface area contributed by atoms with Crippen molar-refractivity contribution in [2.24, 2.45) is 0 Å². The molecule has 2 aromatic heterocycles. The number of nitrogens with zero attached hydrogens (tertiary/aromatic N) is 3. The van der Waals surface area contributed by atoms with Gasteiger partial charge in [0.25, 0.3) is 0 Å². The molecule has 0 aliphatic rings. The number of alkyl halides is 1. The number of halogens is 2. The van der Waals surface area contributed by atoms with Crippen LogP contribution in [0.2, 0.25) is 0 Å². The van der Waals surface area contributed by atoms with Crippen LogP contribution in [-0.4, -0.2) is 20.9 Å². The molecule has 0 saturated heterocycles. The van der Waals surface area contributed by atoms with Gasteiger partial charge in [-0.3, -0.25) is 0 Å². The summed E-state index contributed by atoms with van der Waals surface area (Å²) in [5, 5.41) is 10.2. The molecular formula is C9H9BrClN3S. The summed E-state index contributed by atoms with van der Waals surface area (Å²) in [6, 6.07) is 2.09. The van der Waals surface area contributed by atoms with E-state index in [1.54, 1.807) is 11.3 Å². The van der Waals surface area contributed by atoms with E-state index in [0.29, 0.717) is 5.88 Å². The topological polar surface area (TPSA) is 30.7 Å². The van der Waals surface area contributed by atoms with Crippen LogP contribution in [0.1, 0.15) is 11.3 Å². The molecule has 2 aromatic rings. The molecule has 0 aliphatic heterocycles. The van der Waals surface area contributed by atoms with Crippen LogP contribution in [0.15, 0.2) is 21.4 Å². The monoisotopic (exact) mass is 305 g/mol. The Morgan fingerprint density at radius 3 is 3.07 bits per heavy atom. The second kappa shape index (κ2) is 5.09. The van der Waals surface area contributed by atoms with Crippen molar-refractivity contribution in [2.75, 3.05) is 5.88 Å². The molecule has 0 bridgehead atoms. The largest absolute Gasteiger partial charge is 0.248 e. The van der Waals surface area contributed by atoms with Gasteiger partial charge in [-0.15, -0.1) is 28.0 Å². The number of hydrogen-bond acceptors (Lipinski definition) is 3. The third kappa shape index (κ3) is 3.03. The summed E-state index contributed by atoms with van der Waals surface area (Å²) >= 11 is 10.7. The first kappa shape index (κ1) is 11.1. The van der Waals surface area contributed by atoms with Crippen molar-refractivity contribution < 1.29 is 0 Å². The summed E-state index contributed by atoms with van der Waals surface area (Å²) in [5.41, 5.74) is 2.17. The molecule has 0 amide bonds. The minimum absolute atomic E-state index is 0.586. The fourth-order valence-corrected chi connectivity index (χ4v) is 2.64. The molecule has 0 atom stereocenters. The molecule has 2 rings (SSSR count). The minimum atomic E-state index is 0.586. The Bertz CT molecular complexity index is 440. The summed E-state index contributed by atoms with van der Waals surface area (Å²) in [6.45, 7) is 0.761. The zero-order valence-corrected chi connectivity index (χ0v) is 11.0. The number of hydrogen-bond donors (Lipinski definition) is 0. The van der Waals surface area contributed by atoms with Crippen LogP contribution < -0.4 is 0 Å². The molecule has 0 aromatic carbocycles. The Hall–Kier alpha value is -0.390. The highest BCUT2D eigenvalue weighted by molar-refractivity contribution is 9.11. The SMILES string of the molecule is ClCCc1cn(Cc2csc(Br)c2)nn1. The van der Waals surface area contributed by atoms with E-state index in [0.717, 1.165) is 22.4 Å². The van der Waals surface area contributed by atoms with E-state index >= 15 is 0 Å². The van der Waals surface area contributed by atoms with E-state index < -0.39 is 0 Å². The van der Waals surface area contributed by atoms with Crippen molar-refractivity contribution >= 4 is 38.9 Å². The van der Waals surface area contributed by atoms with Gasteiger partial charge in [0.2, 0.25) is 0 Å². The van der Waals surface area contributed by atoms with Crippen LogP contribution >= 0.6 is 38.9 Å². The van der Waals surface area contributed by atoms with Crippen LogP contribution in [0.4, 0.5) is 0 Å². The van der Waals surface area contributed by atoms with Gasteiger partial charge in [0, 0.05) is 18.5 Å². The molecule has 0 fully saturated rings. The van der Waals surface area contributed by atoms with Crippen molar-refractivity contribution in [1.82, 2.24) is 15.0 Å². The molecule has 0 N–H and O–H groups in total. The predicted octanol–water partition coefficient (Wildman–Crippen LogP) is 2.93. The fourth-order valence-electron chi connectivity index (χ4n) is 1.24. The summed E-state index contributed by atoms with van der Waals surface area (Å²) in [7, 11) is 0. The summed E-state index contributed by atoms with van der Waals surface area (Å²) in [4.78, 5) is 0. The lowest BCUT2D eigenvalue weighted by Gasteiger charge is -1.95. The molecule has 2 heterocycles. The Balaban J connectivity index is 2.04. The summed E-state index contributed by atoms with van der Waals surface area (Å²) < 4.78 is 2.97. The first-order valence-electron chi connectivity index (χ1n) is 4.46. The molecule has 0 unspecified atom stereocenters. The molecule has 6 heteroatoms. The standard InChI is InChI=1S/C9H9BrClN3S/c10-9-3-7(6-15-9)4-14-5-8(1-2-11)12-13-14/h3,5-6H,1-2,4H2. The average Bonchev–Trinajstić information content (AvgIpc) is 2.78. The summed E-state index contributed by atoms with van der Waals surface area (Å²) in [6.07, 6.45) is 2.71. The average molecular weight is 307 g/mol. The molecule has 0 spiro atoms. The minimum Gasteiger partial charge on any atom is -0.248 e. The van der Waals surface area contributed by atoms with Crippen LogP contribution in [-0.2, 0) is 13.0 Å². The van der Waals surface area contributed by atoms with Crippen LogP contribution in [0.25, 0.3) is 0 Å². The lowest BCUT2D eigenvalue weighted by Crippen LogP contribution is -1.98. The Kier molecular flexibility index (Phi) is 3.77. The maximum absolute atomic E-state index is 5.63. The first-order valence-corrected chi connectivity index (χ1v) is 6.66. The Labute approximate surface area is 105 Å². The smallest absolute Gasteiger partial charge is 0.0839 e. The predicted molar refractivity (Wildman–Crippen MR) is 65.6 cm³/mol. The van der Waals surface area contributed by atoms with E-state index in [1.807, 2.05) is 10.9 Å². The molecule has 3 nitrogen and oxygen atoms in total. The van der Waals surface area contributed by atoms with E-state index in [2.05, 4.69) is 37.7 Å².